The van der Waals surface area contributed by atoms with E-state index in [1.807, 2.05) is 0 Å². The van der Waals surface area contributed by atoms with Gasteiger partial charge in [-0.2, -0.15) is 0 Å². The van der Waals surface area contributed by atoms with Crippen molar-refractivity contribution in [1.29, 1.82) is 0 Å². The van der Waals surface area contributed by atoms with Gasteiger partial charge in [0.15, 0.2) is 5.96 Å². The molecule has 1 fully saturated rings. The van der Waals surface area contributed by atoms with E-state index in [-0.39, 0.29) is 24.0 Å². The fraction of sp³-hybridized carbons (Fsp3) is 0.458. The Bertz CT molecular complexity index is 831. The van der Waals surface area contributed by atoms with Crippen LogP contribution in [0.15, 0.2) is 53.5 Å². The Morgan fingerprint density at radius 3 is 2.50 bits per heavy atom. The standard InChI is InChI=1S/C24H32N4O.HI/c1-2-25-24(28-16-13-21-5-3-4-6-23(21)28)26-17-19-7-9-22(10-8-19)27-14-11-20(18-29)12-15-27;/h3-10,20,29H,2,11-18H2,1H3,(H,25,26);1H. The van der Waals surface area contributed by atoms with Crippen LogP contribution in [0.1, 0.15) is 30.9 Å². The van der Waals surface area contributed by atoms with Gasteiger partial charge in [0.1, 0.15) is 0 Å². The molecule has 0 unspecified atom stereocenters. The van der Waals surface area contributed by atoms with Crippen molar-refractivity contribution in [3.8, 4) is 0 Å². The zero-order valence-corrected chi connectivity index (χ0v) is 20.1. The van der Waals surface area contributed by atoms with Crippen molar-refractivity contribution in [2.24, 2.45) is 10.9 Å². The maximum absolute atomic E-state index is 9.32. The highest BCUT2D eigenvalue weighted by Gasteiger charge is 2.22. The number of rotatable bonds is 5. The van der Waals surface area contributed by atoms with Crippen LogP contribution >= 0.6 is 24.0 Å². The summed E-state index contributed by atoms with van der Waals surface area (Å²) in [7, 11) is 0. The van der Waals surface area contributed by atoms with E-state index in [9.17, 15) is 5.11 Å². The lowest BCUT2D eigenvalue weighted by Crippen LogP contribution is -2.40. The molecular formula is C24H33IN4O. The van der Waals surface area contributed by atoms with Crippen LogP contribution in [0.4, 0.5) is 11.4 Å². The monoisotopic (exact) mass is 520 g/mol. The highest BCUT2D eigenvalue weighted by Crippen LogP contribution is 2.28. The molecule has 30 heavy (non-hydrogen) atoms. The molecule has 0 aromatic heterocycles. The van der Waals surface area contributed by atoms with Crippen LogP contribution in [0.5, 0.6) is 0 Å². The lowest BCUT2D eigenvalue weighted by Gasteiger charge is -2.32. The van der Waals surface area contributed by atoms with Crippen LogP contribution in [0.25, 0.3) is 0 Å². The molecule has 0 bridgehead atoms. The third-order valence-electron chi connectivity index (χ3n) is 6.06. The van der Waals surface area contributed by atoms with E-state index in [4.69, 9.17) is 4.99 Å². The average molecular weight is 520 g/mol. The maximum Gasteiger partial charge on any atom is 0.198 e. The summed E-state index contributed by atoms with van der Waals surface area (Å²) in [4.78, 5) is 9.64. The molecule has 2 heterocycles. The first-order valence-corrected chi connectivity index (χ1v) is 10.9. The van der Waals surface area contributed by atoms with Crippen molar-refractivity contribution in [3.63, 3.8) is 0 Å². The fourth-order valence-corrected chi connectivity index (χ4v) is 4.31. The fourth-order valence-electron chi connectivity index (χ4n) is 4.31. The van der Waals surface area contributed by atoms with Crippen molar-refractivity contribution < 1.29 is 5.11 Å². The molecular weight excluding hydrogens is 487 g/mol. The Labute approximate surface area is 197 Å². The number of nitrogens with zero attached hydrogens (tertiary/aromatic N) is 3. The number of benzene rings is 2. The second kappa shape index (κ2) is 11.0. The van der Waals surface area contributed by atoms with E-state index in [0.29, 0.717) is 19.1 Å². The summed E-state index contributed by atoms with van der Waals surface area (Å²) in [6, 6.07) is 17.4. The number of halogens is 1. The second-order valence-electron chi connectivity index (χ2n) is 7.98. The van der Waals surface area contributed by atoms with Crippen LogP contribution in [0.2, 0.25) is 0 Å². The second-order valence-corrected chi connectivity index (χ2v) is 7.98. The predicted molar refractivity (Wildman–Crippen MR) is 136 cm³/mol. The summed E-state index contributed by atoms with van der Waals surface area (Å²) in [6.07, 6.45) is 3.22. The molecule has 2 aliphatic heterocycles. The first-order valence-electron chi connectivity index (χ1n) is 10.9. The number of nitrogens with one attached hydrogen (secondary N) is 1. The lowest BCUT2D eigenvalue weighted by atomic mass is 9.97. The minimum atomic E-state index is 0. The number of aliphatic hydroxyl groups excluding tert-OH is 1. The number of aliphatic imine (C=N–C) groups is 1. The first-order chi connectivity index (χ1) is 14.3. The average Bonchev–Trinajstić information content (AvgIpc) is 3.21. The van der Waals surface area contributed by atoms with Crippen molar-refractivity contribution in [3.05, 3.63) is 59.7 Å². The summed E-state index contributed by atoms with van der Waals surface area (Å²) in [6.45, 7) is 7.01. The Hall–Kier alpha value is -1.80. The van der Waals surface area contributed by atoms with E-state index in [1.165, 1.54) is 22.5 Å². The summed E-state index contributed by atoms with van der Waals surface area (Å²) in [5.74, 6) is 1.44. The van der Waals surface area contributed by atoms with E-state index in [2.05, 4.69) is 70.6 Å². The van der Waals surface area contributed by atoms with Gasteiger partial charge in [0.05, 0.1) is 6.54 Å². The number of fused-ring (bicyclic) bond motifs is 1. The topological polar surface area (TPSA) is 51.1 Å². The smallest absolute Gasteiger partial charge is 0.198 e. The van der Waals surface area contributed by atoms with E-state index < -0.39 is 0 Å². The molecule has 162 valence electrons. The number of guanidine groups is 1. The molecule has 0 radical (unpaired) electrons. The number of anilines is 2. The third-order valence-corrected chi connectivity index (χ3v) is 6.06. The molecule has 6 heteroatoms. The molecule has 0 aliphatic carbocycles. The van der Waals surface area contributed by atoms with Gasteiger partial charge < -0.3 is 20.2 Å². The Morgan fingerprint density at radius 2 is 1.80 bits per heavy atom. The minimum absolute atomic E-state index is 0. The van der Waals surface area contributed by atoms with Crippen molar-refractivity contribution in [1.82, 2.24) is 5.32 Å². The van der Waals surface area contributed by atoms with Crippen LogP contribution in [-0.4, -0.2) is 43.9 Å². The highest BCUT2D eigenvalue weighted by atomic mass is 127. The van der Waals surface area contributed by atoms with E-state index in [1.54, 1.807) is 0 Å². The van der Waals surface area contributed by atoms with Crippen LogP contribution in [-0.2, 0) is 13.0 Å². The third kappa shape index (κ3) is 5.27. The normalized spacial score (nSPS) is 16.9. The van der Waals surface area contributed by atoms with Crippen molar-refractivity contribution >= 4 is 41.3 Å². The molecule has 0 spiro atoms. The molecule has 4 rings (SSSR count). The summed E-state index contributed by atoms with van der Waals surface area (Å²) < 4.78 is 0. The largest absolute Gasteiger partial charge is 0.396 e. The first kappa shape index (κ1) is 22.9. The number of aliphatic hydroxyl groups is 1. The minimum Gasteiger partial charge on any atom is -0.396 e. The van der Waals surface area contributed by atoms with Crippen LogP contribution in [0, 0.1) is 5.92 Å². The van der Waals surface area contributed by atoms with Gasteiger partial charge in [0.2, 0.25) is 0 Å². The van der Waals surface area contributed by atoms with E-state index >= 15 is 0 Å². The summed E-state index contributed by atoms with van der Waals surface area (Å²) >= 11 is 0. The lowest BCUT2D eigenvalue weighted by molar-refractivity contribution is 0.203. The van der Waals surface area contributed by atoms with Gasteiger partial charge in [0, 0.05) is 44.2 Å². The van der Waals surface area contributed by atoms with Gasteiger partial charge in [-0.25, -0.2) is 4.99 Å². The van der Waals surface area contributed by atoms with E-state index in [0.717, 1.165) is 51.4 Å². The molecule has 2 aromatic rings. The Kier molecular flexibility index (Phi) is 8.39. The zero-order chi connectivity index (χ0) is 20.1. The van der Waals surface area contributed by atoms with Gasteiger partial charge >= 0.3 is 0 Å². The van der Waals surface area contributed by atoms with Crippen LogP contribution in [0.3, 0.4) is 0 Å². The number of piperidine rings is 1. The van der Waals surface area contributed by atoms with Gasteiger partial charge in [-0.15, -0.1) is 24.0 Å². The SMILES string of the molecule is CCNC(=NCc1ccc(N2CCC(CO)CC2)cc1)N1CCc2ccccc21.I. The molecule has 0 amide bonds. The molecule has 5 nitrogen and oxygen atoms in total. The molecule has 2 aromatic carbocycles. The summed E-state index contributed by atoms with van der Waals surface area (Å²) in [5.41, 5.74) is 5.16. The summed E-state index contributed by atoms with van der Waals surface area (Å²) in [5, 5.41) is 12.8. The molecule has 2 N–H and O–H groups in total. The number of hydrogen-bond donors (Lipinski definition) is 2. The molecule has 0 saturated carbocycles. The van der Waals surface area contributed by atoms with Gasteiger partial charge in [0.25, 0.3) is 0 Å². The van der Waals surface area contributed by atoms with Crippen molar-refractivity contribution in [2.45, 2.75) is 32.7 Å². The predicted octanol–water partition coefficient (Wildman–Crippen LogP) is 4.04. The number of hydrogen-bond acceptors (Lipinski definition) is 3. The quantitative estimate of drug-likeness (QED) is 0.355. The molecule has 1 saturated heterocycles. The van der Waals surface area contributed by atoms with Crippen molar-refractivity contribution in [2.75, 3.05) is 42.6 Å². The van der Waals surface area contributed by atoms with Gasteiger partial charge in [-0.05, 0) is 61.4 Å². The molecule has 0 atom stereocenters. The van der Waals surface area contributed by atoms with Gasteiger partial charge in [-0.1, -0.05) is 30.3 Å². The van der Waals surface area contributed by atoms with Gasteiger partial charge in [-0.3, -0.25) is 0 Å². The maximum atomic E-state index is 9.32. The zero-order valence-electron chi connectivity index (χ0n) is 17.8. The Morgan fingerprint density at radius 1 is 1.07 bits per heavy atom. The van der Waals surface area contributed by atoms with Crippen LogP contribution < -0.4 is 15.1 Å². The molecule has 2 aliphatic rings. The highest BCUT2D eigenvalue weighted by molar-refractivity contribution is 14.0. The Balaban J connectivity index is 0.00000256. The number of para-hydroxylation sites is 1.